The normalized spacial score (nSPS) is 12.6. The van der Waals surface area contributed by atoms with Crippen molar-refractivity contribution in [3.05, 3.63) is 153 Å². The maximum absolute atomic E-state index is 14.6. The van der Waals surface area contributed by atoms with E-state index in [9.17, 15) is 27.6 Å². The smallest absolute Gasteiger partial charge is 0.303 e. The molecule has 0 aliphatic carbocycles. The van der Waals surface area contributed by atoms with Crippen LogP contribution in [0.3, 0.4) is 0 Å². The standard InChI is InChI=1S/C45H42ClN5O7S/c1-3-4-24-50(36-18-13-30(14-19-36)15-22-40(52)53)45(56)42-41(46)29(2)51(47-42)39-21-17-34(27-38(39)44(55)49-25-23-32-10-6-8-12-35(32)28-49)43(54)48-59(57,58)37-20-16-31-9-5-7-11-33(31)26-37/h5-14,16-21,26-27H,3-4,15,22-25,28H2,1-2H3,(H,48,54)(H,52,53). The van der Waals surface area contributed by atoms with Crippen LogP contribution in [0.25, 0.3) is 16.5 Å². The summed E-state index contributed by atoms with van der Waals surface area (Å²) >= 11 is 6.89. The quantitative estimate of drug-likeness (QED) is 0.120. The number of aryl methyl sites for hydroxylation is 1. The first-order valence-corrected chi connectivity index (χ1v) is 21.1. The number of anilines is 1. The monoisotopic (exact) mass is 831 g/mol. The number of nitrogens with zero attached hydrogens (tertiary/aromatic N) is 4. The average Bonchev–Trinajstić information content (AvgIpc) is 3.54. The number of carboxylic acid groups (broad SMARTS) is 1. The lowest BCUT2D eigenvalue weighted by molar-refractivity contribution is -0.136. The summed E-state index contributed by atoms with van der Waals surface area (Å²) in [5, 5.41) is 15.4. The summed E-state index contributed by atoms with van der Waals surface area (Å²) < 4.78 is 30.5. The molecule has 2 N–H and O–H groups in total. The van der Waals surface area contributed by atoms with E-state index in [-0.39, 0.29) is 38.8 Å². The van der Waals surface area contributed by atoms with E-state index in [0.717, 1.165) is 28.5 Å². The molecule has 0 radical (unpaired) electrons. The zero-order valence-electron chi connectivity index (χ0n) is 32.5. The molecule has 7 rings (SSSR count). The van der Waals surface area contributed by atoms with Crippen LogP contribution in [0.15, 0.2) is 114 Å². The van der Waals surface area contributed by atoms with E-state index in [0.29, 0.717) is 55.7 Å². The van der Waals surface area contributed by atoms with Crippen molar-refractivity contribution in [1.82, 2.24) is 19.4 Å². The number of sulfonamides is 1. The van der Waals surface area contributed by atoms with Gasteiger partial charge >= 0.3 is 5.97 Å². The van der Waals surface area contributed by atoms with Crippen molar-refractivity contribution in [2.24, 2.45) is 0 Å². The van der Waals surface area contributed by atoms with Gasteiger partial charge in [-0.25, -0.2) is 17.8 Å². The highest BCUT2D eigenvalue weighted by Gasteiger charge is 2.30. The number of carbonyl (C=O) groups excluding carboxylic acids is 3. The molecule has 59 heavy (non-hydrogen) atoms. The minimum absolute atomic E-state index is 0.0181. The van der Waals surface area contributed by atoms with Gasteiger partial charge in [-0.3, -0.25) is 19.2 Å². The number of benzene rings is 5. The number of nitrogens with one attached hydrogen (secondary N) is 1. The van der Waals surface area contributed by atoms with Gasteiger partial charge in [0.05, 0.1) is 26.9 Å². The Bertz CT molecular complexity index is 2710. The third-order valence-corrected chi connectivity index (χ3v) is 12.3. The van der Waals surface area contributed by atoms with Crippen molar-refractivity contribution >= 4 is 61.8 Å². The highest BCUT2D eigenvalue weighted by atomic mass is 35.5. The second-order valence-electron chi connectivity index (χ2n) is 14.5. The second kappa shape index (κ2) is 17.3. The Hall–Kier alpha value is -6.31. The van der Waals surface area contributed by atoms with Gasteiger partial charge in [-0.05, 0) is 96.1 Å². The number of aromatic nitrogens is 2. The number of halogens is 1. The summed E-state index contributed by atoms with van der Waals surface area (Å²) in [5.74, 6) is -2.73. The third kappa shape index (κ3) is 8.76. The van der Waals surface area contributed by atoms with Gasteiger partial charge in [-0.1, -0.05) is 91.7 Å². The summed E-state index contributed by atoms with van der Waals surface area (Å²) in [5.41, 5.74) is 4.04. The van der Waals surface area contributed by atoms with Gasteiger partial charge in [-0.2, -0.15) is 5.10 Å². The van der Waals surface area contributed by atoms with Gasteiger partial charge in [0.2, 0.25) is 0 Å². The number of rotatable bonds is 13. The van der Waals surface area contributed by atoms with E-state index in [2.05, 4.69) is 9.82 Å². The Balaban J connectivity index is 1.25. The van der Waals surface area contributed by atoms with Crippen molar-refractivity contribution in [1.29, 1.82) is 0 Å². The summed E-state index contributed by atoms with van der Waals surface area (Å²) in [6.45, 7) is 4.74. The molecular weight excluding hydrogens is 790 g/mol. The fourth-order valence-corrected chi connectivity index (χ4v) is 8.40. The molecule has 302 valence electrons. The molecule has 0 saturated carbocycles. The van der Waals surface area contributed by atoms with Crippen LogP contribution in [0.1, 0.15) is 79.8 Å². The molecule has 6 aromatic rings. The molecule has 1 aliphatic heterocycles. The van der Waals surface area contributed by atoms with Crippen molar-refractivity contribution in [2.45, 2.75) is 57.4 Å². The number of carboxylic acids is 1. The largest absolute Gasteiger partial charge is 0.481 e. The number of carbonyl (C=O) groups is 4. The summed E-state index contributed by atoms with van der Waals surface area (Å²) in [6.07, 6.45) is 2.43. The first-order valence-electron chi connectivity index (χ1n) is 19.3. The number of fused-ring (bicyclic) bond motifs is 2. The van der Waals surface area contributed by atoms with Gasteiger partial charge in [0, 0.05) is 37.3 Å². The Labute approximate surface area is 347 Å². The number of aliphatic carboxylic acids is 1. The van der Waals surface area contributed by atoms with Crippen molar-refractivity contribution in [3.63, 3.8) is 0 Å². The Morgan fingerprint density at radius 3 is 2.32 bits per heavy atom. The van der Waals surface area contributed by atoms with Crippen molar-refractivity contribution in [2.75, 3.05) is 18.0 Å². The number of hydrogen-bond acceptors (Lipinski definition) is 7. The van der Waals surface area contributed by atoms with E-state index >= 15 is 0 Å². The first kappa shape index (κ1) is 40.9. The lowest BCUT2D eigenvalue weighted by Gasteiger charge is -2.29. The summed E-state index contributed by atoms with van der Waals surface area (Å²) in [6, 6.07) is 31.0. The number of hydrogen-bond donors (Lipinski definition) is 2. The van der Waals surface area contributed by atoms with Crippen LogP contribution >= 0.6 is 11.6 Å². The summed E-state index contributed by atoms with van der Waals surface area (Å²) in [4.78, 5) is 56.9. The zero-order chi connectivity index (χ0) is 41.8. The van der Waals surface area contributed by atoms with Gasteiger partial charge in [-0.15, -0.1) is 0 Å². The van der Waals surface area contributed by atoms with Crippen LogP contribution < -0.4 is 9.62 Å². The van der Waals surface area contributed by atoms with Crippen LogP contribution in [0, 0.1) is 6.92 Å². The predicted molar refractivity (Wildman–Crippen MR) is 226 cm³/mol. The Morgan fingerprint density at radius 1 is 0.881 bits per heavy atom. The van der Waals surface area contributed by atoms with E-state index in [1.54, 1.807) is 59.2 Å². The molecule has 5 aromatic carbocycles. The number of amides is 3. The molecule has 1 aliphatic rings. The minimum Gasteiger partial charge on any atom is -0.481 e. The molecule has 14 heteroatoms. The Morgan fingerprint density at radius 2 is 1.59 bits per heavy atom. The molecule has 12 nitrogen and oxygen atoms in total. The van der Waals surface area contributed by atoms with Gasteiger partial charge in [0.15, 0.2) is 5.69 Å². The van der Waals surface area contributed by atoms with Crippen LogP contribution in [0.5, 0.6) is 0 Å². The molecule has 0 unspecified atom stereocenters. The van der Waals surface area contributed by atoms with E-state index < -0.39 is 33.7 Å². The molecule has 2 heterocycles. The molecule has 0 saturated heterocycles. The van der Waals surface area contributed by atoms with Gasteiger partial charge < -0.3 is 14.9 Å². The molecule has 0 bridgehead atoms. The van der Waals surface area contributed by atoms with Crippen LogP contribution in [0.2, 0.25) is 5.02 Å². The topological polar surface area (TPSA) is 159 Å². The lowest BCUT2D eigenvalue weighted by Crippen LogP contribution is -2.37. The molecule has 0 fully saturated rings. The highest BCUT2D eigenvalue weighted by molar-refractivity contribution is 7.90. The minimum atomic E-state index is -4.31. The van der Waals surface area contributed by atoms with E-state index in [1.165, 1.54) is 35.0 Å². The molecular formula is C45H42ClN5O7S. The highest BCUT2D eigenvalue weighted by Crippen LogP contribution is 2.31. The average molecular weight is 832 g/mol. The molecule has 0 atom stereocenters. The fourth-order valence-electron chi connectivity index (χ4n) is 7.19. The van der Waals surface area contributed by atoms with E-state index in [4.69, 9.17) is 16.7 Å². The maximum Gasteiger partial charge on any atom is 0.303 e. The molecule has 1 aromatic heterocycles. The predicted octanol–water partition coefficient (Wildman–Crippen LogP) is 7.77. The summed E-state index contributed by atoms with van der Waals surface area (Å²) in [7, 11) is -4.31. The van der Waals surface area contributed by atoms with Gasteiger partial charge in [0.1, 0.15) is 0 Å². The molecule has 3 amide bonds. The molecule has 0 spiro atoms. The van der Waals surface area contributed by atoms with Crippen LogP contribution in [-0.4, -0.2) is 65.0 Å². The second-order valence-corrected chi connectivity index (χ2v) is 16.5. The third-order valence-electron chi connectivity index (χ3n) is 10.5. The van der Waals surface area contributed by atoms with Crippen molar-refractivity contribution < 1.29 is 32.7 Å². The first-order chi connectivity index (χ1) is 28.3. The maximum atomic E-state index is 14.6. The van der Waals surface area contributed by atoms with Crippen LogP contribution in [-0.2, 0) is 34.2 Å². The van der Waals surface area contributed by atoms with Gasteiger partial charge in [0.25, 0.3) is 27.7 Å². The SMILES string of the molecule is CCCCN(C(=O)c1nn(-c2ccc(C(=O)NS(=O)(=O)c3ccc4ccccc4c3)cc2C(=O)N2CCc3ccccc3C2)c(C)c1Cl)c1ccc(CCC(=O)O)cc1. The number of unbranched alkanes of at least 4 members (excludes halogenated alkanes) is 1. The fraction of sp³-hybridized carbons (Fsp3) is 0.222. The lowest BCUT2D eigenvalue weighted by atomic mass is 9.98. The van der Waals surface area contributed by atoms with Crippen molar-refractivity contribution in [3.8, 4) is 5.69 Å². The van der Waals surface area contributed by atoms with E-state index in [1.807, 2.05) is 43.3 Å². The van der Waals surface area contributed by atoms with Crippen LogP contribution in [0.4, 0.5) is 5.69 Å². The Kier molecular flexibility index (Phi) is 12.0. The zero-order valence-corrected chi connectivity index (χ0v) is 34.1.